The third-order valence-electron chi connectivity index (χ3n) is 3.65. The van der Waals surface area contributed by atoms with Gasteiger partial charge in [-0.1, -0.05) is 12.1 Å². The predicted octanol–water partition coefficient (Wildman–Crippen LogP) is 2.00. The third kappa shape index (κ3) is 4.56. The number of aromatic carboxylic acids is 1. The van der Waals surface area contributed by atoms with E-state index in [1.165, 1.54) is 12.1 Å². The lowest BCUT2D eigenvalue weighted by molar-refractivity contribution is -0.121. The molecule has 0 radical (unpaired) electrons. The van der Waals surface area contributed by atoms with Gasteiger partial charge < -0.3 is 15.2 Å². The Bertz CT molecular complexity index is 522. The molecule has 1 amide bonds. The fourth-order valence-corrected chi connectivity index (χ4v) is 2.46. The van der Waals surface area contributed by atoms with Crippen molar-refractivity contribution in [2.45, 2.75) is 44.8 Å². The van der Waals surface area contributed by atoms with Crippen molar-refractivity contribution in [2.75, 3.05) is 6.54 Å². The van der Waals surface area contributed by atoms with Crippen molar-refractivity contribution in [3.8, 4) is 0 Å². The molecule has 1 heterocycles. The number of carbonyl (C=O) groups excluding carboxylic acids is 1. The molecule has 1 fully saturated rings. The van der Waals surface area contributed by atoms with Crippen molar-refractivity contribution in [3.63, 3.8) is 0 Å². The summed E-state index contributed by atoms with van der Waals surface area (Å²) in [6.45, 7) is 4.63. The van der Waals surface area contributed by atoms with E-state index in [9.17, 15) is 9.59 Å². The van der Waals surface area contributed by atoms with Crippen LogP contribution in [0.5, 0.6) is 0 Å². The average Bonchev–Trinajstić information content (AvgIpc) is 2.77. The van der Waals surface area contributed by atoms with E-state index in [-0.39, 0.29) is 29.6 Å². The molecule has 0 spiro atoms. The zero-order valence-electron chi connectivity index (χ0n) is 12.4. The van der Waals surface area contributed by atoms with E-state index in [1.807, 2.05) is 0 Å². The molecule has 1 aliphatic rings. The molecule has 114 valence electrons. The Morgan fingerprint density at radius 2 is 2.00 bits per heavy atom. The number of carboxylic acids is 1. The first-order valence-electron chi connectivity index (χ1n) is 7.12. The SMILES string of the molecule is CC1(C)CCC(CNC(=O)Cc2ccc(C(=O)O)cc2)O1. The maximum absolute atomic E-state index is 11.9. The third-order valence-corrected chi connectivity index (χ3v) is 3.65. The normalized spacial score (nSPS) is 20.2. The molecule has 5 nitrogen and oxygen atoms in total. The molecule has 1 aromatic rings. The Morgan fingerprint density at radius 3 is 2.52 bits per heavy atom. The van der Waals surface area contributed by atoms with Gasteiger partial charge in [-0.15, -0.1) is 0 Å². The largest absolute Gasteiger partial charge is 0.478 e. The van der Waals surface area contributed by atoms with E-state index < -0.39 is 5.97 Å². The van der Waals surface area contributed by atoms with Gasteiger partial charge in [0, 0.05) is 6.54 Å². The molecule has 2 N–H and O–H groups in total. The molecule has 1 aromatic carbocycles. The van der Waals surface area contributed by atoms with Crippen molar-refractivity contribution < 1.29 is 19.4 Å². The fourth-order valence-electron chi connectivity index (χ4n) is 2.46. The first-order valence-corrected chi connectivity index (χ1v) is 7.12. The standard InChI is InChI=1S/C16H21NO4/c1-16(2)8-7-13(21-16)10-17-14(18)9-11-3-5-12(6-4-11)15(19)20/h3-6,13H,7-10H2,1-2H3,(H,17,18)(H,19,20). The number of carboxylic acid groups (broad SMARTS) is 1. The van der Waals surface area contributed by atoms with E-state index in [0.717, 1.165) is 18.4 Å². The van der Waals surface area contributed by atoms with E-state index in [1.54, 1.807) is 12.1 Å². The Hall–Kier alpha value is -1.88. The lowest BCUT2D eigenvalue weighted by atomic mass is 10.1. The summed E-state index contributed by atoms with van der Waals surface area (Å²) in [5.74, 6) is -1.04. The maximum Gasteiger partial charge on any atom is 0.335 e. The summed E-state index contributed by atoms with van der Waals surface area (Å²) in [5, 5.41) is 11.7. The van der Waals surface area contributed by atoms with Gasteiger partial charge in [0.1, 0.15) is 0 Å². The highest BCUT2D eigenvalue weighted by Crippen LogP contribution is 2.28. The molecule has 2 rings (SSSR count). The van der Waals surface area contributed by atoms with Crippen LogP contribution in [-0.2, 0) is 16.0 Å². The number of hydrogen-bond donors (Lipinski definition) is 2. The molecule has 1 aliphatic heterocycles. The highest BCUT2D eigenvalue weighted by molar-refractivity contribution is 5.87. The quantitative estimate of drug-likeness (QED) is 0.870. The molecular formula is C16H21NO4. The Balaban J connectivity index is 1.78. The smallest absolute Gasteiger partial charge is 0.335 e. The zero-order chi connectivity index (χ0) is 15.5. The summed E-state index contributed by atoms with van der Waals surface area (Å²) >= 11 is 0. The van der Waals surface area contributed by atoms with E-state index in [0.29, 0.717) is 6.54 Å². The summed E-state index contributed by atoms with van der Waals surface area (Å²) in [7, 11) is 0. The van der Waals surface area contributed by atoms with Gasteiger partial charge in [0.2, 0.25) is 5.91 Å². The van der Waals surface area contributed by atoms with Gasteiger partial charge in [0.05, 0.1) is 23.7 Å². The summed E-state index contributed by atoms with van der Waals surface area (Å²) in [6.07, 6.45) is 2.29. The molecule has 21 heavy (non-hydrogen) atoms. The molecule has 5 heteroatoms. The molecule has 1 atom stereocenters. The van der Waals surface area contributed by atoms with Crippen LogP contribution in [-0.4, -0.2) is 35.2 Å². The lowest BCUT2D eigenvalue weighted by Gasteiger charge is -2.19. The number of benzene rings is 1. The van der Waals surface area contributed by atoms with Gasteiger partial charge in [-0.3, -0.25) is 4.79 Å². The minimum atomic E-state index is -0.966. The zero-order valence-corrected chi connectivity index (χ0v) is 12.4. The summed E-state index contributed by atoms with van der Waals surface area (Å²) in [6, 6.07) is 6.34. The second kappa shape index (κ2) is 6.26. The Labute approximate surface area is 124 Å². The number of amides is 1. The molecule has 0 aromatic heterocycles. The van der Waals surface area contributed by atoms with Gasteiger partial charge in [0.15, 0.2) is 0 Å². The van der Waals surface area contributed by atoms with Crippen LogP contribution in [0.25, 0.3) is 0 Å². The average molecular weight is 291 g/mol. The van der Waals surface area contributed by atoms with Crippen LogP contribution in [0.15, 0.2) is 24.3 Å². The Kier molecular flexibility index (Phi) is 4.63. The van der Waals surface area contributed by atoms with Crippen LogP contribution in [0.2, 0.25) is 0 Å². The number of nitrogens with one attached hydrogen (secondary N) is 1. The van der Waals surface area contributed by atoms with Gasteiger partial charge >= 0.3 is 5.97 Å². The van der Waals surface area contributed by atoms with Crippen LogP contribution < -0.4 is 5.32 Å². The van der Waals surface area contributed by atoms with Crippen molar-refractivity contribution in [2.24, 2.45) is 0 Å². The molecular weight excluding hydrogens is 270 g/mol. The molecule has 0 aliphatic carbocycles. The monoisotopic (exact) mass is 291 g/mol. The van der Waals surface area contributed by atoms with Crippen LogP contribution in [0.1, 0.15) is 42.6 Å². The van der Waals surface area contributed by atoms with E-state index in [4.69, 9.17) is 9.84 Å². The first kappa shape index (κ1) is 15.5. The minimum absolute atomic E-state index is 0.0774. The van der Waals surface area contributed by atoms with Gasteiger partial charge in [-0.2, -0.15) is 0 Å². The maximum atomic E-state index is 11.9. The molecule has 1 saturated heterocycles. The molecule has 0 saturated carbocycles. The molecule has 1 unspecified atom stereocenters. The van der Waals surface area contributed by atoms with Crippen molar-refractivity contribution in [1.29, 1.82) is 0 Å². The summed E-state index contributed by atoms with van der Waals surface area (Å²) in [5.41, 5.74) is 0.924. The van der Waals surface area contributed by atoms with Crippen molar-refractivity contribution in [3.05, 3.63) is 35.4 Å². The Morgan fingerprint density at radius 1 is 1.33 bits per heavy atom. The second-order valence-corrected chi connectivity index (χ2v) is 6.02. The summed E-state index contributed by atoms with van der Waals surface area (Å²) in [4.78, 5) is 22.6. The van der Waals surface area contributed by atoms with Crippen molar-refractivity contribution in [1.82, 2.24) is 5.32 Å². The van der Waals surface area contributed by atoms with Crippen molar-refractivity contribution >= 4 is 11.9 Å². The highest BCUT2D eigenvalue weighted by Gasteiger charge is 2.31. The first-order chi connectivity index (χ1) is 9.85. The van der Waals surface area contributed by atoms with Crippen LogP contribution >= 0.6 is 0 Å². The minimum Gasteiger partial charge on any atom is -0.478 e. The van der Waals surface area contributed by atoms with Gasteiger partial charge in [-0.25, -0.2) is 4.79 Å². The lowest BCUT2D eigenvalue weighted by Crippen LogP contribution is -2.34. The number of rotatable bonds is 5. The number of carbonyl (C=O) groups is 2. The predicted molar refractivity (Wildman–Crippen MR) is 78.3 cm³/mol. The summed E-state index contributed by atoms with van der Waals surface area (Å²) < 4.78 is 5.81. The van der Waals surface area contributed by atoms with Gasteiger partial charge in [0.25, 0.3) is 0 Å². The number of ether oxygens (including phenoxy) is 1. The second-order valence-electron chi connectivity index (χ2n) is 6.02. The number of hydrogen-bond acceptors (Lipinski definition) is 3. The highest BCUT2D eigenvalue weighted by atomic mass is 16.5. The topological polar surface area (TPSA) is 75.6 Å². The van der Waals surface area contributed by atoms with E-state index in [2.05, 4.69) is 19.2 Å². The van der Waals surface area contributed by atoms with Crippen LogP contribution in [0.3, 0.4) is 0 Å². The fraction of sp³-hybridized carbons (Fsp3) is 0.500. The van der Waals surface area contributed by atoms with Gasteiger partial charge in [-0.05, 0) is 44.4 Å². The van der Waals surface area contributed by atoms with E-state index >= 15 is 0 Å². The van der Waals surface area contributed by atoms with Crippen LogP contribution in [0.4, 0.5) is 0 Å². The molecule has 0 bridgehead atoms. The van der Waals surface area contributed by atoms with Crippen LogP contribution in [0, 0.1) is 0 Å².